The number of ether oxygens (including phenoxy) is 1. The van der Waals surface area contributed by atoms with Gasteiger partial charge < -0.3 is 4.74 Å². The summed E-state index contributed by atoms with van der Waals surface area (Å²) in [6, 6.07) is 7.17. The van der Waals surface area contributed by atoms with Gasteiger partial charge in [0.05, 0.1) is 18.9 Å². The van der Waals surface area contributed by atoms with Crippen LogP contribution in [0.3, 0.4) is 0 Å². The number of carbonyl (C=O) groups excluding carboxylic acids is 1. The van der Waals surface area contributed by atoms with Gasteiger partial charge in [-0.3, -0.25) is 14.2 Å². The van der Waals surface area contributed by atoms with Crippen LogP contribution in [0.25, 0.3) is 0 Å². The van der Waals surface area contributed by atoms with Crippen molar-refractivity contribution in [1.29, 1.82) is 0 Å². The van der Waals surface area contributed by atoms with Crippen LogP contribution < -0.4 is 9.46 Å². The molecule has 1 N–H and O–H groups in total. The molecule has 0 spiro atoms. The lowest BCUT2D eigenvalue weighted by Crippen LogP contribution is -2.32. The van der Waals surface area contributed by atoms with Crippen molar-refractivity contribution >= 4 is 39.1 Å². The zero-order valence-electron chi connectivity index (χ0n) is 19.3. The Labute approximate surface area is 206 Å². The molecule has 1 aromatic heterocycles. The average Bonchev–Trinajstić information content (AvgIpc) is 3.11. The molecule has 0 aliphatic heterocycles. The highest BCUT2D eigenvalue weighted by Crippen LogP contribution is 2.23. The summed E-state index contributed by atoms with van der Waals surface area (Å²) >= 11 is 12.3. The highest BCUT2D eigenvalue weighted by Gasteiger charge is 2.16. The van der Waals surface area contributed by atoms with Gasteiger partial charge in [0.25, 0.3) is 0 Å². The number of benzene rings is 1. The fourth-order valence-corrected chi connectivity index (χ4v) is 4.82. The summed E-state index contributed by atoms with van der Waals surface area (Å²) in [5, 5.41) is 5.65. The zero-order valence-corrected chi connectivity index (χ0v) is 21.6. The fraction of sp³-hybridized carbons (Fsp3) is 0.565. The molecule has 2 rings (SSSR count). The number of carbonyl (C=O) groups is 1. The maximum absolute atomic E-state index is 12.1. The number of hydrogen-bond acceptors (Lipinski definition) is 5. The summed E-state index contributed by atoms with van der Waals surface area (Å²) in [6.07, 6.45) is 5.35. The first kappa shape index (κ1) is 27.5. The van der Waals surface area contributed by atoms with Gasteiger partial charge >= 0.3 is 0 Å². The first-order valence-corrected chi connectivity index (χ1v) is 13.8. The van der Waals surface area contributed by atoms with E-state index in [2.05, 4.69) is 16.7 Å². The smallest absolute Gasteiger partial charge is 0.234 e. The molecule has 0 radical (unpaired) electrons. The van der Waals surface area contributed by atoms with E-state index in [1.54, 1.807) is 16.8 Å². The van der Waals surface area contributed by atoms with Gasteiger partial charge in [-0.05, 0) is 43.4 Å². The number of unbranched alkanes of at least 4 members (excludes halogenated alkanes) is 3. The molecule has 0 saturated carbocycles. The number of halogens is 2. The van der Waals surface area contributed by atoms with Gasteiger partial charge in [-0.1, -0.05) is 62.4 Å². The molecule has 10 heteroatoms. The molecular weight excluding hydrogens is 485 g/mol. The van der Waals surface area contributed by atoms with E-state index in [1.165, 1.54) is 0 Å². The van der Waals surface area contributed by atoms with E-state index in [4.69, 9.17) is 27.9 Å². The normalized spacial score (nSPS) is 11.5. The van der Waals surface area contributed by atoms with Crippen LogP contribution in [0.1, 0.15) is 70.1 Å². The molecule has 0 atom stereocenters. The summed E-state index contributed by atoms with van der Waals surface area (Å²) < 4.78 is 33.7. The molecule has 0 aliphatic rings. The van der Waals surface area contributed by atoms with Gasteiger partial charge in [0.2, 0.25) is 21.8 Å². The van der Waals surface area contributed by atoms with Gasteiger partial charge in [-0.25, -0.2) is 8.42 Å². The van der Waals surface area contributed by atoms with Crippen molar-refractivity contribution in [3.63, 3.8) is 0 Å². The number of hydrogen-bond donors (Lipinski definition) is 1. The van der Waals surface area contributed by atoms with Crippen LogP contribution >= 0.6 is 23.2 Å². The molecule has 0 saturated heterocycles. The van der Waals surface area contributed by atoms with E-state index in [1.807, 2.05) is 19.1 Å². The van der Waals surface area contributed by atoms with Gasteiger partial charge in [-0.15, -0.1) is 5.10 Å². The summed E-state index contributed by atoms with van der Waals surface area (Å²) in [5.74, 6) is 0.00357. The molecule has 1 aromatic carbocycles. The van der Waals surface area contributed by atoms with Crippen LogP contribution in [0, 0.1) is 0 Å². The minimum atomic E-state index is -3.58. The molecule has 0 unspecified atom stereocenters. The molecule has 33 heavy (non-hydrogen) atoms. The zero-order chi connectivity index (χ0) is 24.3. The molecule has 7 nitrogen and oxygen atoms in total. The first-order valence-electron chi connectivity index (χ1n) is 11.4. The Morgan fingerprint density at radius 3 is 2.55 bits per heavy atom. The van der Waals surface area contributed by atoms with E-state index in [-0.39, 0.29) is 12.2 Å². The highest BCUT2D eigenvalue weighted by atomic mass is 35.5. The number of sulfonamides is 1. The second kappa shape index (κ2) is 13.8. The maximum atomic E-state index is 12.1. The molecule has 0 bridgehead atoms. The molecule has 0 fully saturated rings. The van der Waals surface area contributed by atoms with Crippen molar-refractivity contribution in [2.75, 3.05) is 12.4 Å². The largest absolute Gasteiger partial charge is 0.477 e. The summed E-state index contributed by atoms with van der Waals surface area (Å²) in [5.41, 5.74) is 1.74. The van der Waals surface area contributed by atoms with Crippen LogP contribution in [0.15, 0.2) is 24.3 Å². The minimum Gasteiger partial charge on any atom is -0.477 e. The molecule has 0 aliphatic carbocycles. The van der Waals surface area contributed by atoms with Gasteiger partial charge in [0.15, 0.2) is 0 Å². The van der Waals surface area contributed by atoms with Crippen molar-refractivity contribution in [1.82, 2.24) is 14.5 Å². The summed E-state index contributed by atoms with van der Waals surface area (Å²) in [7, 11) is -3.58. The number of aromatic nitrogens is 2. The maximum Gasteiger partial charge on any atom is 0.234 e. The Balaban J connectivity index is 2.00. The van der Waals surface area contributed by atoms with E-state index in [9.17, 15) is 13.2 Å². The number of aryl methyl sites for hydroxylation is 1. The number of nitrogens with one attached hydrogen (secondary N) is 1. The van der Waals surface area contributed by atoms with E-state index < -0.39 is 15.9 Å². The Kier molecular flexibility index (Phi) is 11.5. The number of nitrogens with zero attached hydrogens (tertiary/aromatic N) is 2. The third-order valence-electron chi connectivity index (χ3n) is 5.05. The summed E-state index contributed by atoms with van der Waals surface area (Å²) in [4.78, 5) is 12.1. The van der Waals surface area contributed by atoms with Crippen LogP contribution in [-0.2, 0) is 27.8 Å². The predicted octanol–water partition coefficient (Wildman–Crippen LogP) is 5.38. The predicted molar refractivity (Wildman–Crippen MR) is 133 cm³/mol. The molecule has 1 heterocycles. The minimum absolute atomic E-state index is 0.0281. The van der Waals surface area contributed by atoms with Crippen LogP contribution in [0.5, 0.6) is 5.88 Å². The standard InChI is InChI=1S/C23H33Cl2N3O4S/c1-3-5-7-14-33(30,31)27-22(29)10-8-9-20-16-23(32-13-6-4-2)26-28(20)17-18-11-12-19(24)15-21(18)25/h11-12,15-16H,3-10,13-14,17H2,1-2H3,(H,27,29). The quantitative estimate of drug-likeness (QED) is 0.320. The summed E-state index contributed by atoms with van der Waals surface area (Å²) in [6.45, 7) is 5.09. The van der Waals surface area contributed by atoms with Crippen LogP contribution in [-0.4, -0.2) is 36.5 Å². The van der Waals surface area contributed by atoms with Crippen LogP contribution in [0.2, 0.25) is 10.0 Å². The SMILES string of the molecule is CCCCCS(=O)(=O)NC(=O)CCCc1cc(OCCCC)nn1Cc1ccc(Cl)cc1Cl. The van der Waals surface area contributed by atoms with Gasteiger partial charge in [0.1, 0.15) is 0 Å². The monoisotopic (exact) mass is 517 g/mol. The van der Waals surface area contributed by atoms with Crippen LogP contribution in [0.4, 0.5) is 0 Å². The highest BCUT2D eigenvalue weighted by molar-refractivity contribution is 7.90. The lowest BCUT2D eigenvalue weighted by molar-refractivity contribution is -0.119. The lowest BCUT2D eigenvalue weighted by Gasteiger charge is -2.10. The third kappa shape index (κ3) is 9.94. The van der Waals surface area contributed by atoms with Gasteiger partial charge in [-0.2, -0.15) is 0 Å². The molecular formula is C23H33Cl2N3O4S. The number of amides is 1. The molecule has 2 aromatic rings. The Bertz CT molecular complexity index is 1010. The second-order valence-corrected chi connectivity index (χ2v) is 10.7. The van der Waals surface area contributed by atoms with E-state index in [0.717, 1.165) is 36.9 Å². The van der Waals surface area contributed by atoms with E-state index in [0.29, 0.717) is 48.3 Å². The second-order valence-electron chi connectivity index (χ2n) is 7.97. The molecule has 1 amide bonds. The number of rotatable bonds is 15. The Morgan fingerprint density at radius 1 is 1.09 bits per heavy atom. The van der Waals surface area contributed by atoms with Crippen molar-refractivity contribution in [2.45, 2.75) is 71.8 Å². The van der Waals surface area contributed by atoms with Crippen molar-refractivity contribution < 1.29 is 17.9 Å². The van der Waals surface area contributed by atoms with E-state index >= 15 is 0 Å². The average molecular weight is 519 g/mol. The Morgan fingerprint density at radius 2 is 1.85 bits per heavy atom. The third-order valence-corrected chi connectivity index (χ3v) is 7.00. The van der Waals surface area contributed by atoms with Gasteiger partial charge in [0, 0.05) is 28.2 Å². The van der Waals surface area contributed by atoms with Crippen molar-refractivity contribution in [2.24, 2.45) is 0 Å². The van der Waals surface area contributed by atoms with Crippen molar-refractivity contribution in [3.8, 4) is 5.88 Å². The Hall–Kier alpha value is -1.77. The topological polar surface area (TPSA) is 90.3 Å². The molecule has 184 valence electrons. The van der Waals surface area contributed by atoms with Crippen molar-refractivity contribution in [3.05, 3.63) is 45.6 Å². The fourth-order valence-electron chi connectivity index (χ4n) is 3.22. The lowest BCUT2D eigenvalue weighted by atomic mass is 10.1. The first-order chi connectivity index (χ1) is 15.7.